The summed E-state index contributed by atoms with van der Waals surface area (Å²) in [5.41, 5.74) is 3.06. The molecule has 2 aliphatic rings. The number of likely N-dealkylation sites (tertiary alicyclic amines) is 1. The van der Waals surface area contributed by atoms with E-state index >= 15 is 0 Å². The molecule has 2 atom stereocenters. The lowest BCUT2D eigenvalue weighted by molar-refractivity contribution is 0.0605. The molecule has 7 nitrogen and oxygen atoms in total. The van der Waals surface area contributed by atoms with Gasteiger partial charge in [0.1, 0.15) is 11.6 Å². The average Bonchev–Trinajstić information content (AvgIpc) is 3.40. The Labute approximate surface area is 192 Å². The maximum Gasteiger partial charge on any atom is 0.256 e. The van der Waals surface area contributed by atoms with Crippen molar-refractivity contribution in [1.82, 2.24) is 19.5 Å². The largest absolute Gasteiger partial charge is 0.508 e. The molecule has 8 heteroatoms. The van der Waals surface area contributed by atoms with E-state index in [0.29, 0.717) is 23.0 Å². The van der Waals surface area contributed by atoms with Crippen molar-refractivity contribution in [3.05, 3.63) is 52.3 Å². The van der Waals surface area contributed by atoms with Gasteiger partial charge in [-0.05, 0) is 56.7 Å². The molecule has 1 N–H and O–H groups in total. The van der Waals surface area contributed by atoms with Gasteiger partial charge in [0.05, 0.1) is 22.3 Å². The first-order valence-electron chi connectivity index (χ1n) is 11.3. The van der Waals surface area contributed by atoms with Crippen LogP contribution in [0.4, 0.5) is 5.82 Å². The number of aryl methyl sites for hydroxylation is 1. The summed E-state index contributed by atoms with van der Waals surface area (Å²) < 4.78 is 1.83. The Hall–Kier alpha value is -2.80. The first-order valence-corrected chi connectivity index (χ1v) is 11.7. The summed E-state index contributed by atoms with van der Waals surface area (Å²) in [5.74, 6) is 1.56. The summed E-state index contributed by atoms with van der Waals surface area (Å²) in [6, 6.07) is 6.34. The van der Waals surface area contributed by atoms with Gasteiger partial charge in [0.15, 0.2) is 5.65 Å². The molecule has 1 aromatic carbocycles. The van der Waals surface area contributed by atoms with Crippen LogP contribution in [-0.2, 0) is 0 Å². The van der Waals surface area contributed by atoms with Gasteiger partial charge in [0.2, 0.25) is 0 Å². The maximum atomic E-state index is 13.4. The fraction of sp³-hybridized carbons (Fsp3) is 0.458. The topological polar surface area (TPSA) is 74.0 Å². The van der Waals surface area contributed by atoms with Gasteiger partial charge in [-0.3, -0.25) is 4.79 Å². The minimum absolute atomic E-state index is 0.0301. The van der Waals surface area contributed by atoms with Crippen molar-refractivity contribution in [2.75, 3.05) is 24.5 Å². The third-order valence-electron chi connectivity index (χ3n) is 6.63. The van der Waals surface area contributed by atoms with Gasteiger partial charge in [-0.2, -0.15) is 5.10 Å². The number of benzene rings is 1. The van der Waals surface area contributed by atoms with Gasteiger partial charge in [0.25, 0.3) is 5.91 Å². The summed E-state index contributed by atoms with van der Waals surface area (Å²) >= 11 is 6.28. The highest BCUT2D eigenvalue weighted by atomic mass is 35.5. The highest BCUT2D eigenvalue weighted by Crippen LogP contribution is 2.34. The molecule has 4 heterocycles. The van der Waals surface area contributed by atoms with E-state index in [2.05, 4.69) is 18.7 Å². The van der Waals surface area contributed by atoms with Crippen LogP contribution in [0.5, 0.6) is 5.75 Å². The normalized spacial score (nSPS) is 21.5. The molecule has 3 aromatic rings. The highest BCUT2D eigenvalue weighted by molar-refractivity contribution is 6.33. The number of amides is 1. The summed E-state index contributed by atoms with van der Waals surface area (Å²) in [5, 5.41) is 15.0. The molecular weight excluding hydrogens is 426 g/mol. The third-order valence-corrected chi connectivity index (χ3v) is 6.96. The lowest BCUT2D eigenvalue weighted by atomic mass is 9.98. The summed E-state index contributed by atoms with van der Waals surface area (Å²) in [7, 11) is 0. The average molecular weight is 454 g/mol. The molecule has 168 valence electrons. The number of hydrogen-bond acceptors (Lipinski definition) is 5. The first kappa shape index (κ1) is 21.1. The second-order valence-corrected chi connectivity index (χ2v) is 9.54. The van der Waals surface area contributed by atoms with Crippen molar-refractivity contribution in [2.24, 2.45) is 5.92 Å². The number of rotatable bonds is 3. The van der Waals surface area contributed by atoms with E-state index in [1.807, 2.05) is 21.7 Å². The van der Waals surface area contributed by atoms with Crippen molar-refractivity contribution in [2.45, 2.75) is 45.6 Å². The maximum absolute atomic E-state index is 13.4. The molecule has 1 amide bonds. The first-order chi connectivity index (χ1) is 15.4. The second kappa shape index (κ2) is 8.28. The van der Waals surface area contributed by atoms with Crippen LogP contribution in [0.2, 0.25) is 5.02 Å². The third kappa shape index (κ3) is 3.79. The van der Waals surface area contributed by atoms with E-state index in [-0.39, 0.29) is 17.7 Å². The molecule has 2 aliphatic heterocycles. The van der Waals surface area contributed by atoms with Crippen molar-refractivity contribution in [3.63, 3.8) is 0 Å². The molecule has 5 rings (SSSR count). The molecule has 0 saturated carbocycles. The predicted molar refractivity (Wildman–Crippen MR) is 124 cm³/mol. The minimum atomic E-state index is -0.177. The number of carbonyl (C=O) groups is 1. The van der Waals surface area contributed by atoms with Crippen LogP contribution in [0.3, 0.4) is 0 Å². The van der Waals surface area contributed by atoms with Crippen LogP contribution in [0.1, 0.15) is 60.3 Å². The van der Waals surface area contributed by atoms with Crippen LogP contribution >= 0.6 is 11.6 Å². The molecule has 0 spiro atoms. The number of piperidine rings is 1. The van der Waals surface area contributed by atoms with Gasteiger partial charge in [-0.1, -0.05) is 18.5 Å². The van der Waals surface area contributed by atoms with Gasteiger partial charge in [-0.25, -0.2) is 9.50 Å². The zero-order valence-corrected chi connectivity index (χ0v) is 19.2. The molecule has 2 saturated heterocycles. The van der Waals surface area contributed by atoms with E-state index in [0.717, 1.165) is 55.1 Å². The number of hydrogen-bond donors (Lipinski definition) is 1. The Balaban J connectivity index is 1.48. The van der Waals surface area contributed by atoms with Crippen LogP contribution in [0, 0.1) is 12.8 Å². The van der Waals surface area contributed by atoms with Gasteiger partial charge < -0.3 is 14.9 Å². The fourth-order valence-electron chi connectivity index (χ4n) is 4.94. The van der Waals surface area contributed by atoms with E-state index < -0.39 is 0 Å². The number of carbonyl (C=O) groups excluding carboxylic acids is 1. The molecule has 32 heavy (non-hydrogen) atoms. The number of phenolic OH excluding ortho intramolecular Hbond substituents is 1. The number of phenols is 1. The second-order valence-electron chi connectivity index (χ2n) is 9.13. The number of anilines is 1. The van der Waals surface area contributed by atoms with E-state index in [1.54, 1.807) is 6.07 Å². The van der Waals surface area contributed by atoms with Crippen molar-refractivity contribution >= 4 is 29.0 Å². The van der Waals surface area contributed by atoms with E-state index in [4.69, 9.17) is 21.7 Å². The summed E-state index contributed by atoms with van der Waals surface area (Å²) in [4.78, 5) is 22.5. The zero-order valence-electron chi connectivity index (χ0n) is 18.5. The quantitative estimate of drug-likeness (QED) is 0.626. The Bertz CT molecular complexity index is 1180. The highest BCUT2D eigenvalue weighted by Gasteiger charge is 2.32. The lowest BCUT2D eigenvalue weighted by Gasteiger charge is -2.35. The van der Waals surface area contributed by atoms with Crippen molar-refractivity contribution in [3.8, 4) is 5.75 Å². The van der Waals surface area contributed by atoms with Crippen LogP contribution in [-0.4, -0.2) is 50.1 Å². The van der Waals surface area contributed by atoms with Crippen molar-refractivity contribution < 1.29 is 9.90 Å². The lowest BCUT2D eigenvalue weighted by Crippen LogP contribution is -2.38. The van der Waals surface area contributed by atoms with Crippen LogP contribution in [0.15, 0.2) is 30.5 Å². The van der Waals surface area contributed by atoms with Crippen LogP contribution in [0.25, 0.3) is 5.65 Å². The molecule has 0 aliphatic carbocycles. The van der Waals surface area contributed by atoms with E-state index in [1.165, 1.54) is 18.6 Å². The number of aromatic hydroxyl groups is 1. The smallest absolute Gasteiger partial charge is 0.256 e. The Kier molecular flexibility index (Phi) is 5.45. The van der Waals surface area contributed by atoms with Crippen LogP contribution < -0.4 is 4.90 Å². The molecular formula is C24H28ClN5O2. The minimum Gasteiger partial charge on any atom is -0.508 e. The Morgan fingerprint density at radius 3 is 2.81 bits per heavy atom. The zero-order chi connectivity index (χ0) is 22.4. The molecule has 0 unspecified atom stereocenters. The molecule has 2 aromatic heterocycles. The number of aromatic nitrogens is 3. The fourth-order valence-corrected chi connectivity index (χ4v) is 5.14. The van der Waals surface area contributed by atoms with Gasteiger partial charge in [0, 0.05) is 37.5 Å². The predicted octanol–water partition coefficient (Wildman–Crippen LogP) is 4.61. The monoisotopic (exact) mass is 453 g/mol. The Morgan fingerprint density at radius 2 is 2.03 bits per heavy atom. The van der Waals surface area contributed by atoms with E-state index in [9.17, 15) is 9.90 Å². The van der Waals surface area contributed by atoms with Gasteiger partial charge >= 0.3 is 0 Å². The number of halogens is 1. The van der Waals surface area contributed by atoms with Crippen molar-refractivity contribution in [1.29, 1.82) is 0 Å². The van der Waals surface area contributed by atoms with Gasteiger partial charge in [-0.15, -0.1) is 0 Å². The number of nitrogens with zero attached hydrogens (tertiary/aromatic N) is 5. The molecule has 0 radical (unpaired) electrons. The molecule has 2 fully saturated rings. The summed E-state index contributed by atoms with van der Waals surface area (Å²) in [6.45, 7) is 7.04. The standard InChI is InChI=1S/C24H28ClN5O2/c1-15-8-10-28(13-15)23-16(2)14-30-22(26-23)12-20(27-30)21-5-3-4-9-29(21)24(32)18-11-17(31)6-7-19(18)25/h6-7,11-12,14-15,21,31H,3-5,8-10,13H2,1-2H3/t15-,21-/m0/s1. The molecule has 0 bridgehead atoms. The SMILES string of the molecule is Cc1cn2nc([C@@H]3CCCCN3C(=O)c3cc(O)ccc3Cl)cc2nc1N1CC[C@H](C)C1. The number of fused-ring (bicyclic) bond motifs is 1. The Morgan fingerprint density at radius 1 is 1.19 bits per heavy atom. The summed E-state index contributed by atoms with van der Waals surface area (Å²) in [6.07, 6.45) is 6.01.